The van der Waals surface area contributed by atoms with Gasteiger partial charge in [-0.2, -0.15) is 18.2 Å². The molecule has 30 heavy (non-hydrogen) atoms. The van der Waals surface area contributed by atoms with Crippen molar-refractivity contribution in [3.05, 3.63) is 30.0 Å². The van der Waals surface area contributed by atoms with E-state index in [0.29, 0.717) is 35.0 Å². The maximum Gasteiger partial charge on any atom is 0.405 e. The summed E-state index contributed by atoms with van der Waals surface area (Å²) >= 11 is 1.48. The molecule has 0 radical (unpaired) electrons. The molecule has 0 aliphatic carbocycles. The second-order valence-electron chi connectivity index (χ2n) is 7.18. The highest BCUT2D eigenvalue weighted by Gasteiger charge is 2.29. The highest BCUT2D eigenvalue weighted by molar-refractivity contribution is 7.21. The van der Waals surface area contributed by atoms with E-state index in [4.69, 9.17) is 0 Å². The second kappa shape index (κ2) is 8.32. The van der Waals surface area contributed by atoms with Gasteiger partial charge in [0.1, 0.15) is 17.4 Å². The van der Waals surface area contributed by atoms with Crippen LogP contribution in [-0.2, 0) is 0 Å². The summed E-state index contributed by atoms with van der Waals surface area (Å²) in [7, 11) is 0. The molecule has 1 aliphatic rings. The molecule has 0 spiro atoms. The SMILES string of the molecule is Cc1nc(NCC(F)(F)F)nc(N[C@H]2CN[C@@H](CO)C2)c1-c1nc2ccccc2s1. The fraction of sp³-hybridized carbons (Fsp3) is 0.421. The Morgan fingerprint density at radius 3 is 2.73 bits per heavy atom. The lowest BCUT2D eigenvalue weighted by Crippen LogP contribution is -2.26. The lowest BCUT2D eigenvalue weighted by atomic mass is 10.1. The number of hydrogen-bond acceptors (Lipinski definition) is 8. The largest absolute Gasteiger partial charge is 0.405 e. The number of alkyl halides is 3. The van der Waals surface area contributed by atoms with Crippen LogP contribution in [0, 0.1) is 6.92 Å². The quantitative estimate of drug-likeness (QED) is 0.470. The predicted molar refractivity (Wildman–Crippen MR) is 111 cm³/mol. The first-order chi connectivity index (χ1) is 14.3. The number of anilines is 2. The molecule has 3 heterocycles. The first-order valence-corrected chi connectivity index (χ1v) is 10.3. The Balaban J connectivity index is 1.71. The lowest BCUT2D eigenvalue weighted by Gasteiger charge is -2.18. The van der Waals surface area contributed by atoms with E-state index in [2.05, 4.69) is 30.9 Å². The molecule has 1 aromatic carbocycles. The molecular weight excluding hydrogens is 417 g/mol. The number of hydrogen-bond donors (Lipinski definition) is 4. The van der Waals surface area contributed by atoms with Crippen molar-refractivity contribution in [3.63, 3.8) is 0 Å². The van der Waals surface area contributed by atoms with Crippen molar-refractivity contribution in [1.82, 2.24) is 20.3 Å². The Morgan fingerprint density at radius 2 is 2.03 bits per heavy atom. The van der Waals surface area contributed by atoms with Crippen LogP contribution in [0.15, 0.2) is 24.3 Å². The molecule has 0 bridgehead atoms. The van der Waals surface area contributed by atoms with Gasteiger partial charge in [0, 0.05) is 18.6 Å². The average molecular weight is 438 g/mol. The average Bonchev–Trinajstić information content (AvgIpc) is 3.32. The molecule has 3 aromatic rings. The van der Waals surface area contributed by atoms with E-state index in [1.807, 2.05) is 24.3 Å². The van der Waals surface area contributed by atoms with Gasteiger partial charge >= 0.3 is 6.18 Å². The summed E-state index contributed by atoms with van der Waals surface area (Å²) < 4.78 is 38.9. The van der Waals surface area contributed by atoms with Gasteiger partial charge in [-0.1, -0.05) is 12.1 Å². The summed E-state index contributed by atoms with van der Waals surface area (Å²) in [5.74, 6) is 0.332. The monoisotopic (exact) mass is 438 g/mol. The van der Waals surface area contributed by atoms with Gasteiger partial charge in [0.2, 0.25) is 5.95 Å². The third-order valence-corrected chi connectivity index (χ3v) is 5.88. The number of nitrogens with zero attached hydrogens (tertiary/aromatic N) is 3. The fourth-order valence-corrected chi connectivity index (χ4v) is 4.50. The molecule has 4 N–H and O–H groups in total. The van der Waals surface area contributed by atoms with Crippen molar-refractivity contribution < 1.29 is 18.3 Å². The van der Waals surface area contributed by atoms with Gasteiger partial charge in [0.15, 0.2) is 0 Å². The number of para-hydroxylation sites is 1. The van der Waals surface area contributed by atoms with Crippen LogP contribution in [0.5, 0.6) is 0 Å². The number of nitrogens with one attached hydrogen (secondary N) is 3. The van der Waals surface area contributed by atoms with Gasteiger partial charge in [0.05, 0.1) is 28.1 Å². The van der Waals surface area contributed by atoms with Crippen molar-refractivity contribution in [2.75, 3.05) is 30.3 Å². The van der Waals surface area contributed by atoms with Crippen molar-refractivity contribution >= 4 is 33.3 Å². The Bertz CT molecular complexity index is 1010. The maximum atomic E-state index is 12.6. The second-order valence-corrected chi connectivity index (χ2v) is 8.21. The van der Waals surface area contributed by atoms with Crippen LogP contribution in [0.1, 0.15) is 12.1 Å². The minimum atomic E-state index is -4.37. The van der Waals surface area contributed by atoms with Gasteiger partial charge in [-0.3, -0.25) is 0 Å². The number of halogens is 3. The molecule has 160 valence electrons. The lowest BCUT2D eigenvalue weighted by molar-refractivity contribution is -0.115. The van der Waals surface area contributed by atoms with E-state index < -0.39 is 12.7 Å². The standard InChI is InChI=1S/C19H21F3N6OS/c1-10-15(17-27-13-4-2-3-5-14(13)30-17)16(26-11-6-12(8-29)23-7-11)28-18(25-10)24-9-19(20,21)22/h2-5,11-12,23,29H,6-9H2,1H3,(H2,24,25,26,28)/t11-,12-/m1/s1. The summed E-state index contributed by atoms with van der Waals surface area (Å²) in [6.45, 7) is 1.14. The summed E-state index contributed by atoms with van der Waals surface area (Å²) in [6.07, 6.45) is -3.70. The van der Waals surface area contributed by atoms with Crippen LogP contribution in [0.4, 0.5) is 24.9 Å². The van der Waals surface area contributed by atoms with Gasteiger partial charge in [-0.25, -0.2) is 9.97 Å². The number of aliphatic hydroxyl groups excluding tert-OH is 1. The summed E-state index contributed by atoms with van der Waals surface area (Å²) in [5.41, 5.74) is 2.03. The Morgan fingerprint density at radius 1 is 1.23 bits per heavy atom. The number of aliphatic hydroxyl groups is 1. The highest BCUT2D eigenvalue weighted by atomic mass is 32.1. The molecule has 0 amide bonds. The zero-order valence-corrected chi connectivity index (χ0v) is 16.9. The smallest absolute Gasteiger partial charge is 0.395 e. The Kier molecular flexibility index (Phi) is 5.76. The molecule has 1 aliphatic heterocycles. The van der Waals surface area contributed by atoms with Gasteiger partial charge < -0.3 is 21.1 Å². The van der Waals surface area contributed by atoms with Crippen LogP contribution in [0.25, 0.3) is 20.8 Å². The molecule has 7 nitrogen and oxygen atoms in total. The van der Waals surface area contributed by atoms with E-state index >= 15 is 0 Å². The highest BCUT2D eigenvalue weighted by Crippen LogP contribution is 2.36. The van der Waals surface area contributed by atoms with Crippen LogP contribution in [0.3, 0.4) is 0 Å². The molecule has 2 aromatic heterocycles. The zero-order chi connectivity index (χ0) is 21.3. The number of rotatable bonds is 6. The molecular formula is C19H21F3N6OS. The summed E-state index contributed by atoms with van der Waals surface area (Å²) in [4.78, 5) is 13.2. The number of fused-ring (bicyclic) bond motifs is 1. The predicted octanol–water partition coefficient (Wildman–Crippen LogP) is 3.17. The number of benzene rings is 1. The van der Waals surface area contributed by atoms with Crippen LogP contribution < -0.4 is 16.0 Å². The van der Waals surface area contributed by atoms with Gasteiger partial charge in [-0.05, 0) is 25.5 Å². The van der Waals surface area contributed by atoms with E-state index in [9.17, 15) is 18.3 Å². The molecule has 1 saturated heterocycles. The molecule has 2 atom stereocenters. The third-order valence-electron chi connectivity index (χ3n) is 4.83. The minimum absolute atomic E-state index is 0.0180. The van der Waals surface area contributed by atoms with Crippen molar-refractivity contribution in [3.8, 4) is 10.6 Å². The topological polar surface area (TPSA) is 95.0 Å². The Labute approximate surface area is 174 Å². The summed E-state index contributed by atoms with van der Waals surface area (Å²) in [6, 6.07) is 7.64. The maximum absolute atomic E-state index is 12.6. The Hall–Kier alpha value is -2.50. The van der Waals surface area contributed by atoms with Gasteiger partial charge in [0.25, 0.3) is 0 Å². The molecule has 0 unspecified atom stereocenters. The zero-order valence-electron chi connectivity index (χ0n) is 16.1. The van der Waals surface area contributed by atoms with E-state index in [1.165, 1.54) is 11.3 Å². The van der Waals surface area contributed by atoms with Crippen LogP contribution >= 0.6 is 11.3 Å². The van der Waals surface area contributed by atoms with E-state index in [1.54, 1.807) is 6.92 Å². The fourth-order valence-electron chi connectivity index (χ4n) is 3.43. The number of aryl methyl sites for hydroxylation is 1. The van der Waals surface area contributed by atoms with Crippen molar-refractivity contribution in [2.24, 2.45) is 0 Å². The number of thiazole rings is 1. The molecule has 4 rings (SSSR count). The first kappa shape index (κ1) is 20.8. The normalized spacial score (nSPS) is 19.4. The van der Waals surface area contributed by atoms with Crippen LogP contribution in [0.2, 0.25) is 0 Å². The van der Waals surface area contributed by atoms with Crippen molar-refractivity contribution in [2.45, 2.75) is 31.6 Å². The molecule has 0 saturated carbocycles. The molecule has 11 heteroatoms. The van der Waals surface area contributed by atoms with E-state index in [0.717, 1.165) is 10.2 Å². The van der Waals surface area contributed by atoms with Crippen LogP contribution in [-0.4, -0.2) is 58.0 Å². The third kappa shape index (κ3) is 4.63. The summed E-state index contributed by atoms with van der Waals surface area (Å²) in [5, 5.41) is 18.8. The van der Waals surface area contributed by atoms with Crippen molar-refractivity contribution in [1.29, 1.82) is 0 Å². The van der Waals surface area contributed by atoms with E-state index in [-0.39, 0.29) is 24.6 Å². The minimum Gasteiger partial charge on any atom is -0.395 e. The number of aromatic nitrogens is 3. The van der Waals surface area contributed by atoms with Gasteiger partial charge in [-0.15, -0.1) is 11.3 Å². The molecule has 1 fully saturated rings. The first-order valence-electron chi connectivity index (χ1n) is 9.48.